The smallest absolute Gasteiger partial charge is 0.245 e. The molecule has 1 unspecified atom stereocenters. The molecule has 0 aliphatic rings. The van der Waals surface area contributed by atoms with Gasteiger partial charge in [-0.25, -0.2) is 0 Å². The van der Waals surface area contributed by atoms with E-state index in [1.54, 1.807) is 18.3 Å². The number of hydrogen-bond acceptors (Lipinski definition) is 3. The van der Waals surface area contributed by atoms with Crippen LogP contribution in [-0.4, -0.2) is 29.3 Å². The molecule has 27 heavy (non-hydrogen) atoms. The number of hydrogen-bond donors (Lipinski definition) is 1. The molecule has 0 aliphatic heterocycles. The Labute approximate surface area is 166 Å². The number of rotatable bonds is 7. The minimum absolute atomic E-state index is 0.0467. The van der Waals surface area contributed by atoms with Crippen molar-refractivity contribution in [3.8, 4) is 0 Å². The van der Waals surface area contributed by atoms with Gasteiger partial charge >= 0.3 is 0 Å². The lowest BCUT2D eigenvalue weighted by Crippen LogP contribution is -2.49. The second-order valence-corrected chi connectivity index (χ2v) is 9.33. The molecule has 146 valence electrons. The zero-order valence-corrected chi connectivity index (χ0v) is 17.7. The maximum Gasteiger partial charge on any atom is 0.245 e. The summed E-state index contributed by atoms with van der Waals surface area (Å²) in [6.45, 7) is 10.6. The van der Waals surface area contributed by atoms with Gasteiger partial charge in [0.2, 0.25) is 11.8 Å². The zero-order valence-electron chi connectivity index (χ0n) is 16.9. The second kappa shape index (κ2) is 9.18. The van der Waals surface area contributed by atoms with E-state index in [0.717, 1.165) is 11.3 Å². The molecule has 0 saturated heterocycles. The minimum Gasteiger partial charge on any atom is -0.344 e. The van der Waals surface area contributed by atoms with Gasteiger partial charge in [0.05, 0.1) is 6.54 Å². The van der Waals surface area contributed by atoms with Gasteiger partial charge in [-0.15, -0.1) is 11.3 Å². The predicted octanol–water partition coefficient (Wildman–Crippen LogP) is 4.18. The fourth-order valence-electron chi connectivity index (χ4n) is 2.68. The summed E-state index contributed by atoms with van der Waals surface area (Å²) in [5.74, 6) is -0.159. The van der Waals surface area contributed by atoms with E-state index in [4.69, 9.17) is 0 Å². The Hall–Kier alpha value is -2.14. The summed E-state index contributed by atoms with van der Waals surface area (Å²) in [4.78, 5) is 29.6. The lowest BCUT2D eigenvalue weighted by atomic mass is 9.95. The summed E-state index contributed by atoms with van der Waals surface area (Å²) < 4.78 is 0. The third kappa shape index (κ3) is 6.51. The number of carbonyl (C=O) groups is 2. The highest BCUT2D eigenvalue weighted by molar-refractivity contribution is 7.11. The van der Waals surface area contributed by atoms with Crippen LogP contribution >= 0.6 is 11.3 Å². The lowest BCUT2D eigenvalue weighted by molar-refractivity contribution is -0.138. The molecular weight excluding hydrogens is 356 g/mol. The number of amides is 2. The molecule has 0 spiro atoms. The van der Waals surface area contributed by atoms with Crippen molar-refractivity contribution in [3.63, 3.8) is 0 Å². The number of aryl methyl sites for hydroxylation is 1. The van der Waals surface area contributed by atoms with Crippen LogP contribution < -0.4 is 5.32 Å². The van der Waals surface area contributed by atoms with Crippen LogP contribution in [0.2, 0.25) is 0 Å². The van der Waals surface area contributed by atoms with E-state index in [9.17, 15) is 9.59 Å². The third-order valence-electron chi connectivity index (χ3n) is 4.37. The first kappa shape index (κ1) is 21.2. The Morgan fingerprint density at radius 3 is 2.33 bits per heavy atom. The Bertz CT molecular complexity index is 762. The molecule has 2 rings (SSSR count). The van der Waals surface area contributed by atoms with Crippen LogP contribution in [0.4, 0.5) is 0 Å². The number of carbonyl (C=O) groups excluding carboxylic acids is 2. The van der Waals surface area contributed by atoms with Gasteiger partial charge in [0.1, 0.15) is 6.04 Å². The molecule has 1 N–H and O–H groups in total. The maximum atomic E-state index is 13.1. The van der Waals surface area contributed by atoms with Crippen LogP contribution in [-0.2, 0) is 22.6 Å². The van der Waals surface area contributed by atoms with Gasteiger partial charge in [-0.1, -0.05) is 51.1 Å². The van der Waals surface area contributed by atoms with Crippen LogP contribution in [0.3, 0.4) is 0 Å². The van der Waals surface area contributed by atoms with E-state index in [0.29, 0.717) is 13.1 Å². The van der Waals surface area contributed by atoms with E-state index in [1.165, 1.54) is 10.4 Å². The Morgan fingerprint density at radius 2 is 1.78 bits per heavy atom. The van der Waals surface area contributed by atoms with E-state index in [-0.39, 0.29) is 11.8 Å². The van der Waals surface area contributed by atoms with Crippen molar-refractivity contribution in [2.24, 2.45) is 5.41 Å². The van der Waals surface area contributed by atoms with Crippen LogP contribution in [0.25, 0.3) is 0 Å². The van der Waals surface area contributed by atoms with Gasteiger partial charge in [-0.2, -0.15) is 0 Å². The molecule has 5 heteroatoms. The summed E-state index contributed by atoms with van der Waals surface area (Å²) >= 11 is 1.70. The standard InChI is InChI=1S/C22H30N2O2S/c1-16-11-12-19(27-16)15-24(14-13-18-9-7-6-8-10-18)20(25)17(2)23-21(26)22(3,4)5/h6-12,17H,13-15H2,1-5H3,(H,23,26). The van der Waals surface area contributed by atoms with Gasteiger partial charge in [0.25, 0.3) is 0 Å². The molecule has 0 aliphatic carbocycles. The minimum atomic E-state index is -0.548. The van der Waals surface area contributed by atoms with Crippen molar-refractivity contribution in [1.82, 2.24) is 10.2 Å². The summed E-state index contributed by atoms with van der Waals surface area (Å²) in [6.07, 6.45) is 0.789. The third-order valence-corrected chi connectivity index (χ3v) is 5.35. The van der Waals surface area contributed by atoms with Crippen molar-refractivity contribution in [1.29, 1.82) is 0 Å². The fraction of sp³-hybridized carbons (Fsp3) is 0.455. The molecule has 2 amide bonds. The SMILES string of the molecule is Cc1ccc(CN(CCc2ccccc2)C(=O)C(C)NC(=O)C(C)(C)C)s1. The molecule has 0 bridgehead atoms. The first-order chi connectivity index (χ1) is 12.7. The summed E-state index contributed by atoms with van der Waals surface area (Å²) in [7, 11) is 0. The van der Waals surface area contributed by atoms with Crippen LogP contribution in [0.1, 0.15) is 43.0 Å². The largest absolute Gasteiger partial charge is 0.344 e. The first-order valence-corrected chi connectivity index (χ1v) is 10.2. The lowest BCUT2D eigenvalue weighted by Gasteiger charge is -2.28. The average Bonchev–Trinajstić information content (AvgIpc) is 3.02. The van der Waals surface area contributed by atoms with E-state index < -0.39 is 11.5 Å². The van der Waals surface area contributed by atoms with Crippen molar-refractivity contribution < 1.29 is 9.59 Å². The van der Waals surface area contributed by atoms with Crippen molar-refractivity contribution in [3.05, 3.63) is 57.8 Å². The maximum absolute atomic E-state index is 13.1. The van der Waals surface area contributed by atoms with E-state index >= 15 is 0 Å². The predicted molar refractivity (Wildman–Crippen MR) is 112 cm³/mol. The van der Waals surface area contributed by atoms with Gasteiger partial charge < -0.3 is 10.2 Å². The van der Waals surface area contributed by atoms with Crippen molar-refractivity contribution in [2.45, 2.75) is 53.6 Å². The number of nitrogens with zero attached hydrogens (tertiary/aromatic N) is 1. The topological polar surface area (TPSA) is 49.4 Å². The van der Waals surface area contributed by atoms with Gasteiger partial charge in [0.15, 0.2) is 0 Å². The highest BCUT2D eigenvalue weighted by Crippen LogP contribution is 2.19. The Kier molecular flexibility index (Phi) is 7.19. The molecule has 1 heterocycles. The van der Waals surface area contributed by atoms with Crippen LogP contribution in [0, 0.1) is 12.3 Å². The molecule has 1 aromatic heterocycles. The van der Waals surface area contributed by atoms with Crippen molar-refractivity contribution >= 4 is 23.2 Å². The molecule has 4 nitrogen and oxygen atoms in total. The van der Waals surface area contributed by atoms with E-state index in [2.05, 4.69) is 36.5 Å². The highest BCUT2D eigenvalue weighted by atomic mass is 32.1. The van der Waals surface area contributed by atoms with Gasteiger partial charge in [-0.05, 0) is 38.0 Å². The van der Waals surface area contributed by atoms with Crippen LogP contribution in [0.5, 0.6) is 0 Å². The second-order valence-electron chi connectivity index (χ2n) is 7.95. The van der Waals surface area contributed by atoms with Crippen LogP contribution in [0.15, 0.2) is 42.5 Å². The number of benzene rings is 1. The molecule has 0 fully saturated rings. The summed E-state index contributed by atoms with van der Waals surface area (Å²) in [5, 5.41) is 2.86. The number of thiophene rings is 1. The quantitative estimate of drug-likeness (QED) is 0.776. The van der Waals surface area contributed by atoms with Crippen molar-refractivity contribution in [2.75, 3.05) is 6.54 Å². The molecule has 2 aromatic rings. The summed E-state index contributed by atoms with van der Waals surface area (Å²) in [5.41, 5.74) is 0.679. The Balaban J connectivity index is 2.09. The fourth-order valence-corrected chi connectivity index (χ4v) is 3.59. The molecule has 0 radical (unpaired) electrons. The number of nitrogens with one attached hydrogen (secondary N) is 1. The highest BCUT2D eigenvalue weighted by Gasteiger charge is 2.27. The average molecular weight is 387 g/mol. The van der Waals surface area contributed by atoms with E-state index in [1.807, 2.05) is 43.9 Å². The molecule has 1 aromatic carbocycles. The molecule has 0 saturated carbocycles. The summed E-state index contributed by atoms with van der Waals surface area (Å²) in [6, 6.07) is 13.8. The molecular formula is C22H30N2O2S. The zero-order chi connectivity index (χ0) is 20.0. The van der Waals surface area contributed by atoms with Gasteiger partial charge in [0, 0.05) is 21.7 Å². The Morgan fingerprint density at radius 1 is 1.11 bits per heavy atom. The first-order valence-electron chi connectivity index (χ1n) is 9.36. The molecule has 1 atom stereocenters. The monoisotopic (exact) mass is 386 g/mol. The normalized spacial score (nSPS) is 12.5. The van der Waals surface area contributed by atoms with Gasteiger partial charge in [-0.3, -0.25) is 9.59 Å².